The van der Waals surface area contributed by atoms with E-state index in [9.17, 15) is 4.79 Å². The van der Waals surface area contributed by atoms with Crippen molar-refractivity contribution in [2.45, 2.75) is 49.5 Å². The molecular formula is C10H16OS. The lowest BCUT2D eigenvalue weighted by Crippen LogP contribution is -2.36. The lowest BCUT2D eigenvalue weighted by molar-refractivity contribution is -0.123. The molecule has 0 N–H and O–H groups in total. The zero-order valence-corrected chi connectivity index (χ0v) is 8.40. The largest absolute Gasteiger partial charge is 0.299 e. The van der Waals surface area contributed by atoms with Crippen molar-refractivity contribution in [2.24, 2.45) is 5.92 Å². The average molecular weight is 184 g/mol. The molecule has 1 aliphatic heterocycles. The summed E-state index contributed by atoms with van der Waals surface area (Å²) >= 11 is 2.05. The average Bonchev–Trinajstić information content (AvgIpc) is 2.04. The number of fused-ring (bicyclic) bond motifs is 1. The Balaban J connectivity index is 2.06. The molecule has 1 heterocycles. The van der Waals surface area contributed by atoms with Crippen LogP contribution in [0.4, 0.5) is 0 Å². The lowest BCUT2D eigenvalue weighted by Gasteiger charge is -2.36. The summed E-state index contributed by atoms with van der Waals surface area (Å²) in [5.74, 6) is 0.978. The van der Waals surface area contributed by atoms with E-state index in [1.807, 2.05) is 0 Å². The van der Waals surface area contributed by atoms with Crippen molar-refractivity contribution in [1.29, 1.82) is 0 Å². The standard InChI is InChI=1S/C10H16OS/c1-7-6-9(11)8-4-2-3-5-10(8)12-7/h7-8,10H,2-6H2,1H3/t7-,8-,10-/m1/s1. The van der Waals surface area contributed by atoms with E-state index in [-0.39, 0.29) is 0 Å². The minimum atomic E-state index is 0.431. The number of carbonyl (C=O) groups excluding carboxylic acids is 1. The summed E-state index contributed by atoms with van der Waals surface area (Å²) in [6.07, 6.45) is 5.90. The number of rotatable bonds is 0. The second kappa shape index (κ2) is 3.41. The van der Waals surface area contributed by atoms with Gasteiger partial charge in [0.25, 0.3) is 0 Å². The summed E-state index contributed by atoms with van der Waals surface area (Å²) in [6, 6.07) is 0. The Labute approximate surface area is 78.3 Å². The van der Waals surface area contributed by atoms with Crippen LogP contribution in [0, 0.1) is 5.92 Å². The Kier molecular flexibility index (Phi) is 2.44. The smallest absolute Gasteiger partial charge is 0.138 e. The minimum absolute atomic E-state index is 0.431. The Bertz CT molecular complexity index is 190. The number of hydrogen-bond donors (Lipinski definition) is 0. The maximum absolute atomic E-state index is 11.6. The van der Waals surface area contributed by atoms with Gasteiger partial charge < -0.3 is 0 Å². The second-order valence-electron chi connectivity index (χ2n) is 4.05. The summed E-state index contributed by atoms with van der Waals surface area (Å²) < 4.78 is 0. The molecule has 0 spiro atoms. The summed E-state index contributed by atoms with van der Waals surface area (Å²) in [6.45, 7) is 2.19. The summed E-state index contributed by atoms with van der Waals surface area (Å²) in [7, 11) is 0. The molecule has 2 fully saturated rings. The lowest BCUT2D eigenvalue weighted by atomic mass is 9.84. The molecule has 12 heavy (non-hydrogen) atoms. The van der Waals surface area contributed by atoms with Crippen LogP contribution >= 0.6 is 11.8 Å². The van der Waals surface area contributed by atoms with Gasteiger partial charge in [-0.15, -0.1) is 0 Å². The Morgan fingerprint density at radius 2 is 2.08 bits per heavy atom. The molecule has 0 unspecified atom stereocenters. The van der Waals surface area contributed by atoms with E-state index >= 15 is 0 Å². The van der Waals surface area contributed by atoms with Gasteiger partial charge in [0, 0.05) is 22.8 Å². The van der Waals surface area contributed by atoms with Crippen LogP contribution in [0.15, 0.2) is 0 Å². The maximum Gasteiger partial charge on any atom is 0.138 e. The fraction of sp³-hybridized carbons (Fsp3) is 0.900. The molecule has 0 aromatic heterocycles. The molecule has 1 saturated carbocycles. The van der Waals surface area contributed by atoms with Crippen LogP contribution in [0.2, 0.25) is 0 Å². The molecule has 0 aromatic rings. The van der Waals surface area contributed by atoms with Gasteiger partial charge in [0.05, 0.1) is 0 Å². The molecule has 1 aliphatic carbocycles. The van der Waals surface area contributed by atoms with Crippen molar-refractivity contribution in [2.75, 3.05) is 0 Å². The quantitative estimate of drug-likeness (QED) is 0.575. The SMILES string of the molecule is C[C@@H]1CC(=O)[C@H]2CCCC[C@H]2S1. The molecule has 0 amide bonds. The first-order valence-corrected chi connectivity index (χ1v) is 5.90. The predicted octanol–water partition coefficient (Wildman–Crippen LogP) is 2.64. The Morgan fingerprint density at radius 3 is 2.92 bits per heavy atom. The van der Waals surface area contributed by atoms with Crippen molar-refractivity contribution in [1.82, 2.24) is 0 Å². The van der Waals surface area contributed by atoms with Gasteiger partial charge in [0.1, 0.15) is 5.78 Å². The molecule has 0 aromatic carbocycles. The third kappa shape index (κ3) is 1.54. The number of thioether (sulfide) groups is 1. The third-order valence-corrected chi connectivity index (χ3v) is 4.56. The first-order valence-electron chi connectivity index (χ1n) is 4.95. The molecule has 0 radical (unpaired) electrons. The van der Waals surface area contributed by atoms with E-state index in [0.717, 1.165) is 6.42 Å². The van der Waals surface area contributed by atoms with E-state index in [0.29, 0.717) is 22.2 Å². The van der Waals surface area contributed by atoms with Crippen molar-refractivity contribution in [3.63, 3.8) is 0 Å². The summed E-state index contributed by atoms with van der Waals surface area (Å²) in [4.78, 5) is 11.6. The van der Waals surface area contributed by atoms with Gasteiger partial charge in [-0.25, -0.2) is 0 Å². The number of carbonyl (C=O) groups is 1. The van der Waals surface area contributed by atoms with Crippen LogP contribution in [-0.2, 0) is 4.79 Å². The van der Waals surface area contributed by atoms with E-state index < -0.39 is 0 Å². The van der Waals surface area contributed by atoms with Crippen molar-refractivity contribution >= 4 is 17.5 Å². The van der Waals surface area contributed by atoms with E-state index in [1.165, 1.54) is 25.7 Å². The van der Waals surface area contributed by atoms with Gasteiger partial charge in [0.15, 0.2) is 0 Å². The van der Waals surface area contributed by atoms with Crippen LogP contribution in [0.25, 0.3) is 0 Å². The zero-order chi connectivity index (χ0) is 8.55. The summed E-state index contributed by atoms with van der Waals surface area (Å²) in [5.41, 5.74) is 0. The molecule has 2 heteroatoms. The van der Waals surface area contributed by atoms with E-state index in [2.05, 4.69) is 18.7 Å². The number of ketones is 1. The van der Waals surface area contributed by atoms with Gasteiger partial charge in [-0.3, -0.25) is 4.79 Å². The van der Waals surface area contributed by atoms with Crippen LogP contribution in [0.3, 0.4) is 0 Å². The maximum atomic E-state index is 11.6. The number of Topliss-reactive ketones (excluding diaryl/α,β-unsaturated/α-hetero) is 1. The van der Waals surface area contributed by atoms with Gasteiger partial charge in [-0.05, 0) is 12.8 Å². The topological polar surface area (TPSA) is 17.1 Å². The van der Waals surface area contributed by atoms with E-state index in [1.54, 1.807) is 0 Å². The summed E-state index contributed by atoms with van der Waals surface area (Å²) in [5, 5.41) is 1.26. The molecule has 1 nitrogen and oxygen atoms in total. The molecule has 68 valence electrons. The second-order valence-corrected chi connectivity index (χ2v) is 5.73. The molecular weight excluding hydrogens is 168 g/mol. The van der Waals surface area contributed by atoms with Crippen molar-refractivity contribution in [3.8, 4) is 0 Å². The van der Waals surface area contributed by atoms with Gasteiger partial charge in [-0.2, -0.15) is 11.8 Å². The highest BCUT2D eigenvalue weighted by Gasteiger charge is 2.36. The zero-order valence-electron chi connectivity index (χ0n) is 7.58. The molecule has 0 bridgehead atoms. The first kappa shape index (κ1) is 8.61. The van der Waals surface area contributed by atoms with Gasteiger partial charge in [0.2, 0.25) is 0 Å². The fourth-order valence-corrected chi connectivity index (χ4v) is 4.05. The molecule has 1 saturated heterocycles. The molecule has 3 atom stereocenters. The molecule has 2 rings (SSSR count). The first-order chi connectivity index (χ1) is 5.77. The van der Waals surface area contributed by atoms with Gasteiger partial charge in [-0.1, -0.05) is 19.8 Å². The van der Waals surface area contributed by atoms with Crippen LogP contribution in [0.5, 0.6) is 0 Å². The van der Waals surface area contributed by atoms with Crippen molar-refractivity contribution in [3.05, 3.63) is 0 Å². The van der Waals surface area contributed by atoms with E-state index in [4.69, 9.17) is 0 Å². The Hall–Kier alpha value is 0.0200. The highest BCUT2D eigenvalue weighted by molar-refractivity contribution is 8.00. The van der Waals surface area contributed by atoms with Crippen LogP contribution in [0.1, 0.15) is 39.0 Å². The predicted molar refractivity (Wildman–Crippen MR) is 52.4 cm³/mol. The highest BCUT2D eigenvalue weighted by atomic mass is 32.2. The fourth-order valence-electron chi connectivity index (χ4n) is 2.41. The normalized spacial score (nSPS) is 42.4. The van der Waals surface area contributed by atoms with Gasteiger partial charge >= 0.3 is 0 Å². The van der Waals surface area contributed by atoms with Crippen molar-refractivity contribution < 1.29 is 4.79 Å². The minimum Gasteiger partial charge on any atom is -0.299 e. The highest BCUT2D eigenvalue weighted by Crippen LogP contribution is 2.41. The third-order valence-electron chi connectivity index (χ3n) is 3.01. The molecule has 2 aliphatic rings. The monoisotopic (exact) mass is 184 g/mol. The Morgan fingerprint density at radius 1 is 1.33 bits per heavy atom. The number of hydrogen-bond acceptors (Lipinski definition) is 2. The van der Waals surface area contributed by atoms with Crippen LogP contribution < -0.4 is 0 Å². The van der Waals surface area contributed by atoms with Crippen LogP contribution in [-0.4, -0.2) is 16.3 Å².